The summed E-state index contributed by atoms with van der Waals surface area (Å²) in [7, 11) is -3.55. The molecular weight excluding hydrogens is 288 g/mol. The van der Waals surface area contributed by atoms with Crippen LogP contribution in [0.5, 0.6) is 0 Å². The fourth-order valence-electron chi connectivity index (χ4n) is 2.50. The Morgan fingerprint density at radius 3 is 2.86 bits per heavy atom. The Labute approximate surface area is 123 Å². The normalized spacial score (nSPS) is 16.9. The molecule has 1 unspecified atom stereocenters. The van der Waals surface area contributed by atoms with Crippen LogP contribution in [0.25, 0.3) is 0 Å². The number of sulfonamides is 1. The van der Waals surface area contributed by atoms with E-state index in [2.05, 4.69) is 21.2 Å². The van der Waals surface area contributed by atoms with Gasteiger partial charge in [-0.05, 0) is 23.6 Å². The summed E-state index contributed by atoms with van der Waals surface area (Å²) >= 11 is 0. The molecule has 4 N–H and O–H groups in total. The van der Waals surface area contributed by atoms with Gasteiger partial charge < -0.3 is 5.43 Å². The Balaban J connectivity index is 1.70. The van der Waals surface area contributed by atoms with Gasteiger partial charge in [0, 0.05) is 24.7 Å². The van der Waals surface area contributed by atoms with E-state index in [4.69, 9.17) is 5.84 Å². The minimum atomic E-state index is -3.55. The number of nitrogens with two attached hydrogens (primary N) is 1. The van der Waals surface area contributed by atoms with Crippen LogP contribution in [0.1, 0.15) is 17.0 Å². The number of rotatable bonds is 5. The molecule has 1 atom stereocenters. The third-order valence-electron chi connectivity index (χ3n) is 3.67. The van der Waals surface area contributed by atoms with Gasteiger partial charge in [0.25, 0.3) is 0 Å². The second-order valence-electron chi connectivity index (χ2n) is 4.97. The number of anilines is 1. The number of hydrazine groups is 1. The standard InChI is InChI=1S/C14H16N4O2S/c15-18-14-8-12(5-6-16-14)21(19,20)17-9-11-7-10-3-1-2-4-13(10)11/h1-6,8,11,17H,7,9,15H2,(H,16,18). The van der Waals surface area contributed by atoms with Crippen LogP contribution in [-0.2, 0) is 16.4 Å². The fourth-order valence-corrected chi connectivity index (χ4v) is 3.59. The number of nitrogen functional groups attached to an aromatic ring is 1. The number of aromatic nitrogens is 1. The number of hydrogen-bond acceptors (Lipinski definition) is 5. The van der Waals surface area contributed by atoms with Gasteiger partial charge in [0.2, 0.25) is 10.0 Å². The van der Waals surface area contributed by atoms with Crippen molar-refractivity contribution in [2.24, 2.45) is 5.84 Å². The van der Waals surface area contributed by atoms with Crippen LogP contribution in [-0.4, -0.2) is 19.9 Å². The molecule has 1 aliphatic rings. The van der Waals surface area contributed by atoms with Crippen molar-refractivity contribution in [3.05, 3.63) is 53.7 Å². The molecule has 0 saturated heterocycles. The highest BCUT2D eigenvalue weighted by Crippen LogP contribution is 2.34. The highest BCUT2D eigenvalue weighted by molar-refractivity contribution is 7.89. The van der Waals surface area contributed by atoms with Gasteiger partial charge >= 0.3 is 0 Å². The molecule has 0 spiro atoms. The second-order valence-corrected chi connectivity index (χ2v) is 6.74. The van der Waals surface area contributed by atoms with Crippen molar-refractivity contribution >= 4 is 15.8 Å². The summed E-state index contributed by atoms with van der Waals surface area (Å²) in [5.41, 5.74) is 4.85. The summed E-state index contributed by atoms with van der Waals surface area (Å²) in [6.07, 6.45) is 2.31. The zero-order chi connectivity index (χ0) is 14.9. The highest BCUT2D eigenvalue weighted by atomic mass is 32.2. The van der Waals surface area contributed by atoms with Crippen LogP contribution in [0.2, 0.25) is 0 Å². The van der Waals surface area contributed by atoms with E-state index in [1.807, 2.05) is 18.2 Å². The Hall–Kier alpha value is -1.96. The fraction of sp³-hybridized carbons (Fsp3) is 0.214. The molecule has 3 rings (SSSR count). The van der Waals surface area contributed by atoms with E-state index in [-0.39, 0.29) is 10.8 Å². The van der Waals surface area contributed by atoms with Crippen LogP contribution < -0.4 is 16.0 Å². The maximum Gasteiger partial charge on any atom is 0.240 e. The largest absolute Gasteiger partial charge is 0.308 e. The molecule has 2 aromatic rings. The van der Waals surface area contributed by atoms with E-state index in [0.29, 0.717) is 12.4 Å². The van der Waals surface area contributed by atoms with E-state index in [1.165, 1.54) is 29.5 Å². The molecule has 0 saturated carbocycles. The van der Waals surface area contributed by atoms with Crippen LogP contribution in [0.3, 0.4) is 0 Å². The number of pyridine rings is 1. The lowest BCUT2D eigenvalue weighted by Gasteiger charge is -2.30. The molecular formula is C14H16N4O2S. The maximum absolute atomic E-state index is 12.2. The summed E-state index contributed by atoms with van der Waals surface area (Å²) in [4.78, 5) is 4.05. The molecule has 7 heteroatoms. The maximum atomic E-state index is 12.2. The van der Waals surface area contributed by atoms with E-state index in [0.717, 1.165) is 6.42 Å². The van der Waals surface area contributed by atoms with Crippen molar-refractivity contribution in [2.45, 2.75) is 17.2 Å². The van der Waals surface area contributed by atoms with Gasteiger partial charge in [-0.1, -0.05) is 24.3 Å². The van der Waals surface area contributed by atoms with Crippen LogP contribution in [0, 0.1) is 0 Å². The summed E-state index contributed by atoms with van der Waals surface area (Å²) in [5, 5.41) is 0. The number of fused-ring (bicyclic) bond motifs is 1. The van der Waals surface area contributed by atoms with Crippen LogP contribution in [0.15, 0.2) is 47.5 Å². The molecule has 0 amide bonds. The monoisotopic (exact) mass is 304 g/mol. The molecule has 1 aromatic heterocycles. The third-order valence-corrected chi connectivity index (χ3v) is 5.09. The van der Waals surface area contributed by atoms with Gasteiger partial charge in [-0.2, -0.15) is 0 Å². The zero-order valence-corrected chi connectivity index (χ0v) is 12.1. The van der Waals surface area contributed by atoms with Crippen molar-refractivity contribution in [3.63, 3.8) is 0 Å². The number of benzene rings is 1. The van der Waals surface area contributed by atoms with Crippen molar-refractivity contribution < 1.29 is 8.42 Å². The quantitative estimate of drug-likeness (QED) is 0.565. The van der Waals surface area contributed by atoms with Gasteiger partial charge in [0.05, 0.1) is 4.90 Å². The summed E-state index contributed by atoms with van der Waals surface area (Å²) in [5.74, 6) is 5.79. The predicted molar refractivity (Wildman–Crippen MR) is 80.1 cm³/mol. The first-order valence-electron chi connectivity index (χ1n) is 6.60. The topological polar surface area (TPSA) is 97.1 Å². The van der Waals surface area contributed by atoms with E-state index in [9.17, 15) is 8.42 Å². The van der Waals surface area contributed by atoms with E-state index >= 15 is 0 Å². The Morgan fingerprint density at radius 2 is 2.10 bits per heavy atom. The Bertz CT molecular complexity index is 761. The van der Waals surface area contributed by atoms with Crippen molar-refractivity contribution in [1.82, 2.24) is 9.71 Å². The number of hydrogen-bond donors (Lipinski definition) is 3. The predicted octanol–water partition coefficient (Wildman–Crippen LogP) is 0.985. The third kappa shape index (κ3) is 2.76. The van der Waals surface area contributed by atoms with Crippen molar-refractivity contribution in [3.8, 4) is 0 Å². The van der Waals surface area contributed by atoms with Crippen LogP contribution in [0.4, 0.5) is 5.82 Å². The van der Waals surface area contributed by atoms with E-state index < -0.39 is 10.0 Å². The molecule has 1 heterocycles. The first kappa shape index (κ1) is 14.0. The molecule has 0 aliphatic heterocycles. The molecule has 0 fully saturated rings. The van der Waals surface area contributed by atoms with Crippen molar-refractivity contribution in [1.29, 1.82) is 0 Å². The lowest BCUT2D eigenvalue weighted by molar-refractivity contribution is 0.552. The number of nitrogens with zero attached hydrogens (tertiary/aromatic N) is 1. The second kappa shape index (κ2) is 5.44. The molecule has 1 aliphatic carbocycles. The van der Waals surface area contributed by atoms with Crippen molar-refractivity contribution in [2.75, 3.05) is 12.0 Å². The Kier molecular flexibility index (Phi) is 3.62. The van der Waals surface area contributed by atoms with Gasteiger partial charge in [-0.25, -0.2) is 24.0 Å². The number of nitrogens with one attached hydrogen (secondary N) is 2. The average Bonchev–Trinajstić information content (AvgIpc) is 2.48. The van der Waals surface area contributed by atoms with E-state index in [1.54, 1.807) is 0 Å². The average molecular weight is 304 g/mol. The molecule has 0 radical (unpaired) electrons. The Morgan fingerprint density at radius 1 is 1.29 bits per heavy atom. The lowest BCUT2D eigenvalue weighted by atomic mass is 9.78. The summed E-state index contributed by atoms with van der Waals surface area (Å²) < 4.78 is 27.1. The van der Waals surface area contributed by atoms with Crippen LogP contribution >= 0.6 is 0 Å². The lowest BCUT2D eigenvalue weighted by Crippen LogP contribution is -2.33. The molecule has 0 bridgehead atoms. The molecule has 6 nitrogen and oxygen atoms in total. The van der Waals surface area contributed by atoms with Gasteiger partial charge in [0.15, 0.2) is 0 Å². The molecule has 21 heavy (non-hydrogen) atoms. The smallest absolute Gasteiger partial charge is 0.240 e. The first-order chi connectivity index (χ1) is 10.1. The van der Waals surface area contributed by atoms with Gasteiger partial charge in [-0.15, -0.1) is 0 Å². The minimum Gasteiger partial charge on any atom is -0.308 e. The highest BCUT2D eigenvalue weighted by Gasteiger charge is 2.27. The van der Waals surface area contributed by atoms with Gasteiger partial charge in [0.1, 0.15) is 5.82 Å². The minimum absolute atomic E-state index is 0.151. The first-order valence-corrected chi connectivity index (χ1v) is 8.08. The molecule has 1 aromatic carbocycles. The zero-order valence-electron chi connectivity index (χ0n) is 11.3. The van der Waals surface area contributed by atoms with Gasteiger partial charge in [-0.3, -0.25) is 0 Å². The molecule has 110 valence electrons. The summed E-state index contributed by atoms with van der Waals surface area (Å²) in [6, 6.07) is 10.9. The SMILES string of the molecule is NNc1cc(S(=O)(=O)NCC2Cc3ccccc32)ccn1. The summed E-state index contributed by atoms with van der Waals surface area (Å²) in [6.45, 7) is 0.396.